The number of fused-ring (bicyclic) bond motifs is 1. The second-order valence-corrected chi connectivity index (χ2v) is 5.18. The van der Waals surface area contributed by atoms with Crippen LogP contribution in [0.25, 0.3) is 0 Å². The van der Waals surface area contributed by atoms with Gasteiger partial charge in [-0.3, -0.25) is 4.79 Å². The first-order valence-electron chi connectivity index (χ1n) is 7.12. The number of hydrogen-bond acceptors (Lipinski definition) is 3. The van der Waals surface area contributed by atoms with E-state index in [4.69, 9.17) is 0 Å². The molecule has 1 aliphatic rings. The molecule has 0 radical (unpaired) electrons. The summed E-state index contributed by atoms with van der Waals surface area (Å²) >= 11 is 0. The fourth-order valence-corrected chi connectivity index (χ4v) is 2.68. The average molecular weight is 282 g/mol. The van der Waals surface area contributed by atoms with Crippen LogP contribution in [0.3, 0.4) is 0 Å². The number of rotatable bonds is 3. The molecule has 1 amide bonds. The molecule has 0 atom stereocenters. The number of benzene rings is 2. The molecule has 0 unspecified atom stereocenters. The summed E-state index contributed by atoms with van der Waals surface area (Å²) < 4.78 is 0. The Hall–Kier alpha value is -2.33. The molecule has 3 rings (SSSR count). The second-order valence-electron chi connectivity index (χ2n) is 5.18. The zero-order valence-electron chi connectivity index (χ0n) is 11.7. The second kappa shape index (κ2) is 5.97. The van der Waals surface area contributed by atoms with Crippen LogP contribution in [0.5, 0.6) is 5.75 Å². The van der Waals surface area contributed by atoms with Crippen molar-refractivity contribution in [3.05, 3.63) is 64.7 Å². The average Bonchev–Trinajstić information content (AvgIpc) is 2.53. The number of carbonyl (C=O) groups is 1. The van der Waals surface area contributed by atoms with Crippen molar-refractivity contribution in [3.8, 4) is 5.75 Å². The fourth-order valence-electron chi connectivity index (χ4n) is 2.68. The fraction of sp³-hybridized carbons (Fsp3) is 0.235. The predicted molar refractivity (Wildman–Crippen MR) is 81.1 cm³/mol. The van der Waals surface area contributed by atoms with E-state index in [0.29, 0.717) is 6.54 Å². The lowest BCUT2D eigenvalue weighted by Gasteiger charge is -2.20. The third-order valence-electron chi connectivity index (χ3n) is 3.82. The summed E-state index contributed by atoms with van der Waals surface area (Å²) in [4.78, 5) is 12.4. The predicted octanol–water partition coefficient (Wildman–Crippen LogP) is 1.97. The summed E-state index contributed by atoms with van der Waals surface area (Å²) in [7, 11) is 0. The van der Waals surface area contributed by atoms with E-state index in [1.54, 1.807) is 18.2 Å². The van der Waals surface area contributed by atoms with Crippen LogP contribution in [0.4, 0.5) is 0 Å². The van der Waals surface area contributed by atoms with Crippen LogP contribution in [-0.4, -0.2) is 17.6 Å². The molecule has 0 fully saturated rings. The smallest absolute Gasteiger partial charge is 0.251 e. The van der Waals surface area contributed by atoms with E-state index in [-0.39, 0.29) is 11.7 Å². The Morgan fingerprint density at radius 3 is 2.90 bits per heavy atom. The summed E-state index contributed by atoms with van der Waals surface area (Å²) in [5.74, 6) is 0.120. The topological polar surface area (TPSA) is 61.4 Å². The van der Waals surface area contributed by atoms with Gasteiger partial charge in [0.2, 0.25) is 0 Å². The van der Waals surface area contributed by atoms with Crippen LogP contribution >= 0.6 is 0 Å². The Bertz CT molecular complexity index is 668. The lowest BCUT2D eigenvalue weighted by molar-refractivity contribution is 0.0949. The lowest BCUT2D eigenvalue weighted by Crippen LogP contribution is -2.29. The minimum absolute atomic E-state index is 0.0861. The van der Waals surface area contributed by atoms with E-state index in [9.17, 15) is 9.90 Å². The van der Waals surface area contributed by atoms with E-state index in [0.717, 1.165) is 36.2 Å². The van der Waals surface area contributed by atoms with Gasteiger partial charge in [0.1, 0.15) is 5.75 Å². The molecule has 1 aliphatic heterocycles. The summed E-state index contributed by atoms with van der Waals surface area (Å²) in [6, 6.07) is 12.9. The number of phenolic OH excluding ortho intramolecular Hbond substituents is 1. The molecule has 0 spiro atoms. The van der Waals surface area contributed by atoms with Gasteiger partial charge < -0.3 is 15.7 Å². The summed E-state index contributed by atoms with van der Waals surface area (Å²) in [6.45, 7) is 2.04. The zero-order valence-corrected chi connectivity index (χ0v) is 11.7. The number of carbonyl (C=O) groups excluding carboxylic acids is 1. The van der Waals surface area contributed by atoms with Crippen molar-refractivity contribution in [1.82, 2.24) is 10.6 Å². The van der Waals surface area contributed by atoms with E-state index in [2.05, 4.69) is 16.7 Å². The quantitative estimate of drug-likeness (QED) is 0.806. The standard InChI is InChI=1S/C17H18N2O2/c20-16-7-2-1-4-13(16)11-19-17(21)15-6-3-5-12-10-18-9-8-14(12)15/h1-7,18,20H,8-11H2,(H,19,21). The van der Waals surface area contributed by atoms with Gasteiger partial charge in [-0.25, -0.2) is 0 Å². The number of phenols is 1. The first-order valence-corrected chi connectivity index (χ1v) is 7.12. The van der Waals surface area contributed by atoms with Crippen molar-refractivity contribution < 1.29 is 9.90 Å². The van der Waals surface area contributed by atoms with Crippen LogP contribution in [0.1, 0.15) is 27.0 Å². The van der Waals surface area contributed by atoms with Gasteiger partial charge in [0, 0.05) is 24.2 Å². The summed E-state index contributed by atoms with van der Waals surface area (Å²) in [6.07, 6.45) is 0.871. The van der Waals surface area contributed by atoms with Gasteiger partial charge in [-0.1, -0.05) is 30.3 Å². The monoisotopic (exact) mass is 282 g/mol. The van der Waals surface area contributed by atoms with Crippen LogP contribution < -0.4 is 10.6 Å². The Kier molecular flexibility index (Phi) is 3.88. The highest BCUT2D eigenvalue weighted by Gasteiger charge is 2.17. The molecule has 0 bridgehead atoms. The van der Waals surface area contributed by atoms with E-state index < -0.39 is 0 Å². The first-order chi connectivity index (χ1) is 10.3. The van der Waals surface area contributed by atoms with Crippen molar-refractivity contribution >= 4 is 5.91 Å². The molecule has 21 heavy (non-hydrogen) atoms. The van der Waals surface area contributed by atoms with Crippen molar-refractivity contribution in [3.63, 3.8) is 0 Å². The third-order valence-corrected chi connectivity index (χ3v) is 3.82. The molecule has 0 saturated carbocycles. The third kappa shape index (κ3) is 2.90. The molecular weight excluding hydrogens is 264 g/mol. The number of aromatic hydroxyl groups is 1. The number of hydrogen-bond donors (Lipinski definition) is 3. The Labute approximate surface area is 123 Å². The van der Waals surface area contributed by atoms with E-state index in [1.165, 1.54) is 5.56 Å². The van der Waals surface area contributed by atoms with Crippen LogP contribution in [-0.2, 0) is 19.5 Å². The van der Waals surface area contributed by atoms with Gasteiger partial charge in [0.05, 0.1) is 0 Å². The largest absolute Gasteiger partial charge is 0.508 e. The van der Waals surface area contributed by atoms with Crippen molar-refractivity contribution in [2.45, 2.75) is 19.5 Å². The van der Waals surface area contributed by atoms with Gasteiger partial charge in [-0.2, -0.15) is 0 Å². The highest BCUT2D eigenvalue weighted by molar-refractivity contribution is 5.96. The minimum Gasteiger partial charge on any atom is -0.508 e. The molecule has 4 heteroatoms. The highest BCUT2D eigenvalue weighted by Crippen LogP contribution is 2.19. The molecular formula is C17H18N2O2. The van der Waals surface area contributed by atoms with Crippen molar-refractivity contribution in [1.29, 1.82) is 0 Å². The maximum atomic E-state index is 12.4. The normalized spacial score (nSPS) is 13.5. The molecule has 4 nitrogen and oxygen atoms in total. The molecule has 2 aromatic carbocycles. The molecule has 0 aliphatic carbocycles. The SMILES string of the molecule is O=C(NCc1ccccc1O)c1cccc2c1CCNC2. The van der Waals surface area contributed by atoms with Crippen molar-refractivity contribution in [2.75, 3.05) is 6.54 Å². The molecule has 0 aromatic heterocycles. The number of amides is 1. The number of para-hydroxylation sites is 1. The van der Waals surface area contributed by atoms with Crippen LogP contribution in [0.15, 0.2) is 42.5 Å². The molecule has 3 N–H and O–H groups in total. The Morgan fingerprint density at radius 2 is 2.05 bits per heavy atom. The molecule has 2 aromatic rings. The van der Waals surface area contributed by atoms with Gasteiger partial charge in [0.15, 0.2) is 0 Å². The van der Waals surface area contributed by atoms with Crippen molar-refractivity contribution in [2.24, 2.45) is 0 Å². The summed E-state index contributed by atoms with van der Waals surface area (Å²) in [5.41, 5.74) is 3.78. The summed E-state index contributed by atoms with van der Waals surface area (Å²) in [5, 5.41) is 15.9. The Morgan fingerprint density at radius 1 is 1.19 bits per heavy atom. The molecule has 1 heterocycles. The molecule has 0 saturated heterocycles. The van der Waals surface area contributed by atoms with Crippen LogP contribution in [0, 0.1) is 0 Å². The highest BCUT2D eigenvalue weighted by atomic mass is 16.3. The molecule has 108 valence electrons. The number of nitrogens with one attached hydrogen (secondary N) is 2. The van der Waals surface area contributed by atoms with Gasteiger partial charge in [-0.05, 0) is 36.2 Å². The maximum absolute atomic E-state index is 12.4. The van der Waals surface area contributed by atoms with Crippen LogP contribution in [0.2, 0.25) is 0 Å². The van der Waals surface area contributed by atoms with Gasteiger partial charge >= 0.3 is 0 Å². The first kappa shape index (κ1) is 13.6. The van der Waals surface area contributed by atoms with Gasteiger partial charge in [-0.15, -0.1) is 0 Å². The van der Waals surface area contributed by atoms with Gasteiger partial charge in [0.25, 0.3) is 5.91 Å². The van der Waals surface area contributed by atoms with E-state index in [1.807, 2.05) is 18.2 Å². The lowest BCUT2D eigenvalue weighted by atomic mass is 9.95. The minimum atomic E-state index is -0.0861. The van der Waals surface area contributed by atoms with E-state index >= 15 is 0 Å². The Balaban J connectivity index is 1.76. The maximum Gasteiger partial charge on any atom is 0.251 e. The zero-order chi connectivity index (χ0) is 14.7.